The molecule has 0 aromatic heterocycles. The molecule has 0 unspecified atom stereocenters. The fourth-order valence-corrected chi connectivity index (χ4v) is 0.130. The van der Waals surface area contributed by atoms with Crippen molar-refractivity contribution in [2.75, 3.05) is 0 Å². The van der Waals surface area contributed by atoms with Gasteiger partial charge >= 0.3 is 0 Å². The maximum Gasteiger partial charge on any atom is 0.0700 e. The predicted molar refractivity (Wildman–Crippen MR) is 31.5 cm³/mol. The predicted octanol–water partition coefficient (Wildman–Crippen LogP) is 1.42. The highest BCUT2D eigenvalue weighted by atomic mass is 13.6. The SMILES string of the molecule is [2H]C([2H])(C)C#CC([2H])([2H])C#C. The molecule has 0 aromatic carbocycles. The largest absolute Gasteiger partial charge is 0.119 e. The molecule has 0 saturated heterocycles. The van der Waals surface area contributed by atoms with Gasteiger partial charge in [0, 0.05) is 9.11 Å². The van der Waals surface area contributed by atoms with E-state index in [9.17, 15) is 0 Å². The molecule has 0 nitrogen and oxygen atoms in total. The maximum absolute atomic E-state index is 6.95. The van der Waals surface area contributed by atoms with Crippen LogP contribution in [0.15, 0.2) is 0 Å². The van der Waals surface area contributed by atoms with Gasteiger partial charge in [0.05, 0.1) is 9.11 Å². The second-order valence-electron chi connectivity index (χ2n) is 0.769. The average Bonchev–Trinajstić information content (AvgIpc) is 1.83. The Hall–Kier alpha value is -0.880. The fraction of sp³-hybridized carbons (Fsp3) is 0.429. The van der Waals surface area contributed by atoms with Crippen LogP contribution in [0.25, 0.3) is 0 Å². The molecule has 0 aliphatic rings. The second-order valence-corrected chi connectivity index (χ2v) is 0.769. The summed E-state index contributed by atoms with van der Waals surface area (Å²) in [6.45, 7) is 1.24. The summed E-state index contributed by atoms with van der Waals surface area (Å²) in [6, 6.07) is 0. The molecular weight excluding hydrogens is 84.1 g/mol. The Bertz CT molecular complexity index is 230. The van der Waals surface area contributed by atoms with E-state index >= 15 is 0 Å². The van der Waals surface area contributed by atoms with Crippen LogP contribution in [0, 0.1) is 24.2 Å². The van der Waals surface area contributed by atoms with Crippen LogP contribution in [0.1, 0.15) is 25.2 Å². The highest BCUT2D eigenvalue weighted by Gasteiger charge is 1.59. The van der Waals surface area contributed by atoms with Crippen molar-refractivity contribution in [2.24, 2.45) is 0 Å². The van der Waals surface area contributed by atoms with Crippen molar-refractivity contribution in [3.63, 3.8) is 0 Å². The summed E-state index contributed by atoms with van der Waals surface area (Å²) in [4.78, 5) is 0. The van der Waals surface area contributed by atoms with Gasteiger partial charge in [-0.05, 0) is 0 Å². The van der Waals surface area contributed by atoms with Crippen molar-refractivity contribution in [1.82, 2.24) is 0 Å². The fourth-order valence-electron chi connectivity index (χ4n) is 0.130. The van der Waals surface area contributed by atoms with Gasteiger partial charge in [0.25, 0.3) is 0 Å². The van der Waals surface area contributed by atoms with E-state index in [4.69, 9.17) is 11.9 Å². The van der Waals surface area contributed by atoms with E-state index in [1.54, 1.807) is 5.92 Å². The third kappa shape index (κ3) is 5.12. The molecule has 7 heavy (non-hydrogen) atoms. The summed E-state index contributed by atoms with van der Waals surface area (Å²) in [6.07, 6.45) is 1.07. The van der Waals surface area contributed by atoms with Crippen molar-refractivity contribution < 1.29 is 5.48 Å². The van der Waals surface area contributed by atoms with Gasteiger partial charge in [-0.15, -0.1) is 12.3 Å². The molecule has 0 aliphatic heterocycles. The van der Waals surface area contributed by atoms with E-state index in [1.807, 2.05) is 5.92 Å². The van der Waals surface area contributed by atoms with E-state index in [2.05, 4.69) is 5.92 Å². The van der Waals surface area contributed by atoms with Gasteiger partial charge in [-0.25, -0.2) is 0 Å². The van der Waals surface area contributed by atoms with Crippen LogP contribution in [0.5, 0.6) is 0 Å². The average molecular weight is 96.2 g/mol. The summed E-state index contributed by atoms with van der Waals surface area (Å²) >= 11 is 0. The first-order valence-corrected chi connectivity index (χ1v) is 1.79. The summed E-state index contributed by atoms with van der Waals surface area (Å²) < 4.78 is 27.8. The minimum Gasteiger partial charge on any atom is -0.119 e. The molecule has 0 rings (SSSR count). The Morgan fingerprint density at radius 1 is 1.71 bits per heavy atom. The zero-order chi connectivity index (χ0) is 9.12. The van der Waals surface area contributed by atoms with Gasteiger partial charge in [0.15, 0.2) is 0 Å². The topological polar surface area (TPSA) is 0 Å². The third-order valence-corrected chi connectivity index (χ3v) is 0.322. The number of hydrogen-bond acceptors (Lipinski definition) is 0. The monoisotopic (exact) mass is 96.1 g/mol. The molecule has 0 saturated carbocycles. The summed E-state index contributed by atoms with van der Waals surface area (Å²) in [7, 11) is 0. The lowest BCUT2D eigenvalue weighted by Gasteiger charge is -1.66. The highest BCUT2D eigenvalue weighted by molar-refractivity contribution is 5.06. The number of rotatable bonds is 0. The lowest BCUT2D eigenvalue weighted by molar-refractivity contribution is 1.27. The molecule has 0 aliphatic carbocycles. The van der Waals surface area contributed by atoms with Crippen LogP contribution in [0.2, 0.25) is 0 Å². The molecule has 0 radical (unpaired) electrons. The Labute approximate surface area is 50.5 Å². The van der Waals surface area contributed by atoms with Gasteiger partial charge in [-0.1, -0.05) is 18.8 Å². The molecule has 0 fully saturated rings. The van der Waals surface area contributed by atoms with Crippen molar-refractivity contribution >= 4 is 0 Å². The van der Waals surface area contributed by atoms with Crippen LogP contribution in [0.4, 0.5) is 0 Å². The molecule has 0 bridgehead atoms. The lowest BCUT2D eigenvalue weighted by atomic mass is 10.4. The molecule has 0 heterocycles. The molecule has 0 aromatic rings. The minimum atomic E-state index is -2.02. The van der Waals surface area contributed by atoms with Crippen LogP contribution in [0.3, 0.4) is 0 Å². The van der Waals surface area contributed by atoms with Crippen LogP contribution in [-0.2, 0) is 0 Å². The van der Waals surface area contributed by atoms with Crippen LogP contribution >= 0.6 is 0 Å². The molecule has 0 amide bonds. The first kappa shape index (κ1) is 1.93. The molecular formula is C7H8. The summed E-state index contributed by atoms with van der Waals surface area (Å²) in [5.74, 6) is 5.91. The van der Waals surface area contributed by atoms with Crippen LogP contribution in [-0.4, -0.2) is 0 Å². The molecule has 0 atom stereocenters. The van der Waals surface area contributed by atoms with Crippen molar-refractivity contribution in [3.8, 4) is 24.2 Å². The highest BCUT2D eigenvalue weighted by Crippen LogP contribution is 1.70. The Kier molecular flexibility index (Phi) is 1.41. The van der Waals surface area contributed by atoms with Gasteiger partial charge in [-0.2, -0.15) is 0 Å². The van der Waals surface area contributed by atoms with Gasteiger partial charge < -0.3 is 0 Å². The van der Waals surface area contributed by atoms with Crippen molar-refractivity contribution in [1.29, 1.82) is 0 Å². The van der Waals surface area contributed by atoms with E-state index in [0.717, 1.165) is 0 Å². The first-order valence-electron chi connectivity index (χ1n) is 3.79. The van der Waals surface area contributed by atoms with E-state index in [-0.39, 0.29) is 0 Å². The van der Waals surface area contributed by atoms with Crippen molar-refractivity contribution in [2.45, 2.75) is 19.7 Å². The third-order valence-electron chi connectivity index (χ3n) is 0.322. The first-order chi connectivity index (χ1) is 4.77. The summed E-state index contributed by atoms with van der Waals surface area (Å²) in [5, 5.41) is 0. The second kappa shape index (κ2) is 5.12. The van der Waals surface area contributed by atoms with Gasteiger partial charge in [0.2, 0.25) is 0 Å². The van der Waals surface area contributed by atoms with Crippen molar-refractivity contribution in [3.05, 3.63) is 0 Å². The van der Waals surface area contributed by atoms with Gasteiger partial charge in [-0.3, -0.25) is 0 Å². The van der Waals surface area contributed by atoms with Crippen LogP contribution < -0.4 is 0 Å². The lowest BCUT2D eigenvalue weighted by Crippen LogP contribution is -1.55. The summed E-state index contributed by atoms with van der Waals surface area (Å²) in [5.41, 5.74) is 0. The Morgan fingerprint density at radius 3 is 2.86 bits per heavy atom. The standard InChI is InChI=1S/C7H8/c1-3-5-7-6-4-2/h1H,4-5H2,2H3/i4D2,5D2. The van der Waals surface area contributed by atoms with Gasteiger partial charge in [0.1, 0.15) is 0 Å². The zero-order valence-electron chi connectivity index (χ0n) is 8.08. The van der Waals surface area contributed by atoms with E-state index in [1.165, 1.54) is 6.92 Å². The number of terminal acetylenes is 1. The maximum atomic E-state index is 6.95. The minimum absolute atomic E-state index is 1.24. The Balaban J connectivity index is 4.46. The molecule has 0 heteroatoms. The van der Waals surface area contributed by atoms with E-state index in [0.29, 0.717) is 0 Å². The number of hydrogen-bond donors (Lipinski definition) is 0. The molecule has 0 spiro atoms. The molecule has 36 valence electrons. The molecule has 0 N–H and O–H groups in total. The normalized spacial score (nSPS) is 18.3. The quantitative estimate of drug-likeness (QED) is 0.400. The smallest absolute Gasteiger partial charge is 0.0700 e. The Morgan fingerprint density at radius 2 is 2.43 bits per heavy atom. The zero-order valence-corrected chi connectivity index (χ0v) is 4.08. The van der Waals surface area contributed by atoms with E-state index < -0.39 is 12.7 Å².